The first-order chi connectivity index (χ1) is 15.4. The van der Waals surface area contributed by atoms with Crippen molar-refractivity contribution in [1.82, 2.24) is 10.6 Å². The maximum Gasteiger partial charge on any atom is 0.407 e. The molecule has 0 spiro atoms. The Morgan fingerprint density at radius 3 is 2.59 bits per heavy atom. The number of hydrogen-bond acceptors (Lipinski definition) is 7. The van der Waals surface area contributed by atoms with Gasteiger partial charge in [0.05, 0.1) is 22.9 Å². The van der Waals surface area contributed by atoms with Crippen LogP contribution in [-0.4, -0.2) is 63.3 Å². The van der Waals surface area contributed by atoms with Gasteiger partial charge in [0.2, 0.25) is 5.91 Å². The van der Waals surface area contributed by atoms with Crippen molar-refractivity contribution in [3.63, 3.8) is 0 Å². The standard InChI is InChI=1S/C20H21ClN4O6S/c1-30-20(29)24-14(10-22-19(28)15-6-7-16(21)32-15)18(27)23-12-2-4-13(5-3-12)25-8-9-31-11-17(25)26/h2-7,14H,8-11H2,1H3,(H,22,28)(H,23,27)(H,24,29)/t14-/m1/s1. The van der Waals surface area contributed by atoms with Crippen molar-refractivity contribution in [2.24, 2.45) is 0 Å². The number of hydrogen-bond donors (Lipinski definition) is 3. The Labute approximate surface area is 192 Å². The number of morpholine rings is 1. The molecule has 10 nitrogen and oxygen atoms in total. The molecule has 1 saturated heterocycles. The first-order valence-electron chi connectivity index (χ1n) is 9.54. The molecule has 0 saturated carbocycles. The first-order valence-corrected chi connectivity index (χ1v) is 10.7. The van der Waals surface area contributed by atoms with Crippen molar-refractivity contribution >= 4 is 58.1 Å². The maximum atomic E-state index is 12.7. The van der Waals surface area contributed by atoms with Crippen molar-refractivity contribution in [2.75, 3.05) is 43.6 Å². The number of ether oxygens (including phenoxy) is 2. The smallest absolute Gasteiger partial charge is 0.407 e. The lowest BCUT2D eigenvalue weighted by Crippen LogP contribution is -2.50. The minimum absolute atomic E-state index is 0.0305. The number of benzene rings is 1. The molecular weight excluding hydrogens is 460 g/mol. The third kappa shape index (κ3) is 6.19. The molecule has 1 aromatic carbocycles. The predicted octanol–water partition coefficient (Wildman–Crippen LogP) is 1.86. The van der Waals surface area contributed by atoms with E-state index in [0.29, 0.717) is 33.7 Å². The predicted molar refractivity (Wildman–Crippen MR) is 119 cm³/mol. The molecule has 3 N–H and O–H groups in total. The van der Waals surface area contributed by atoms with Crippen molar-refractivity contribution < 1.29 is 28.7 Å². The Hall–Kier alpha value is -3.15. The topological polar surface area (TPSA) is 126 Å². The number of nitrogens with one attached hydrogen (secondary N) is 3. The van der Waals surface area contributed by atoms with Gasteiger partial charge in [-0.05, 0) is 36.4 Å². The summed E-state index contributed by atoms with van der Waals surface area (Å²) < 4.78 is 10.1. The van der Waals surface area contributed by atoms with Gasteiger partial charge in [0.15, 0.2) is 0 Å². The number of amides is 4. The summed E-state index contributed by atoms with van der Waals surface area (Å²) in [5.41, 5.74) is 1.13. The van der Waals surface area contributed by atoms with E-state index in [9.17, 15) is 19.2 Å². The van der Waals surface area contributed by atoms with Gasteiger partial charge in [-0.2, -0.15) is 0 Å². The number of anilines is 2. The Balaban J connectivity index is 1.63. The van der Waals surface area contributed by atoms with Gasteiger partial charge >= 0.3 is 6.09 Å². The highest BCUT2D eigenvalue weighted by Gasteiger charge is 2.24. The molecule has 0 aliphatic carbocycles. The Morgan fingerprint density at radius 1 is 1.22 bits per heavy atom. The summed E-state index contributed by atoms with van der Waals surface area (Å²) in [4.78, 5) is 50.5. The molecule has 12 heteroatoms. The zero-order chi connectivity index (χ0) is 23.1. The fourth-order valence-electron chi connectivity index (χ4n) is 2.87. The van der Waals surface area contributed by atoms with Crippen LogP contribution in [0.5, 0.6) is 0 Å². The number of thiophene rings is 1. The van der Waals surface area contributed by atoms with Gasteiger partial charge < -0.3 is 30.3 Å². The van der Waals surface area contributed by atoms with E-state index < -0.39 is 23.9 Å². The van der Waals surface area contributed by atoms with Crippen LogP contribution < -0.4 is 20.9 Å². The highest BCUT2D eigenvalue weighted by atomic mass is 35.5. The molecule has 1 aliphatic rings. The molecular formula is C20H21ClN4O6S. The van der Waals surface area contributed by atoms with Crippen LogP contribution in [0.3, 0.4) is 0 Å². The molecule has 1 aromatic heterocycles. The van der Waals surface area contributed by atoms with E-state index in [-0.39, 0.29) is 19.1 Å². The number of nitrogens with zero attached hydrogens (tertiary/aromatic N) is 1. The van der Waals surface area contributed by atoms with Crippen LogP contribution in [0, 0.1) is 0 Å². The van der Waals surface area contributed by atoms with Crippen LogP contribution in [0.1, 0.15) is 9.67 Å². The van der Waals surface area contributed by atoms with Gasteiger partial charge in [0, 0.05) is 24.5 Å². The average Bonchev–Trinajstić information content (AvgIpc) is 3.23. The zero-order valence-electron chi connectivity index (χ0n) is 17.1. The Morgan fingerprint density at radius 2 is 1.97 bits per heavy atom. The fourth-order valence-corrected chi connectivity index (χ4v) is 3.83. The lowest BCUT2D eigenvalue weighted by atomic mass is 10.2. The van der Waals surface area contributed by atoms with E-state index in [1.807, 2.05) is 0 Å². The quantitative estimate of drug-likeness (QED) is 0.555. The summed E-state index contributed by atoms with van der Waals surface area (Å²) in [7, 11) is 1.17. The summed E-state index contributed by atoms with van der Waals surface area (Å²) in [6, 6.07) is 8.73. The second-order valence-electron chi connectivity index (χ2n) is 6.64. The summed E-state index contributed by atoms with van der Waals surface area (Å²) in [5, 5.41) is 7.65. The summed E-state index contributed by atoms with van der Waals surface area (Å²) >= 11 is 6.93. The van der Waals surface area contributed by atoms with Gasteiger partial charge in [0.1, 0.15) is 12.6 Å². The van der Waals surface area contributed by atoms with Crippen LogP contribution in [0.15, 0.2) is 36.4 Å². The molecule has 2 heterocycles. The van der Waals surface area contributed by atoms with Crippen molar-refractivity contribution in [1.29, 1.82) is 0 Å². The third-order valence-corrected chi connectivity index (χ3v) is 5.72. The largest absolute Gasteiger partial charge is 0.453 e. The lowest BCUT2D eigenvalue weighted by molar-refractivity contribution is -0.125. The number of alkyl carbamates (subject to hydrolysis) is 1. The van der Waals surface area contributed by atoms with Gasteiger partial charge in [-0.15, -0.1) is 11.3 Å². The van der Waals surface area contributed by atoms with E-state index in [0.717, 1.165) is 11.3 Å². The molecule has 170 valence electrons. The molecule has 2 aromatic rings. The van der Waals surface area contributed by atoms with Gasteiger partial charge in [-0.3, -0.25) is 14.4 Å². The molecule has 4 amide bonds. The molecule has 32 heavy (non-hydrogen) atoms. The van der Waals surface area contributed by atoms with E-state index >= 15 is 0 Å². The zero-order valence-corrected chi connectivity index (χ0v) is 18.6. The second-order valence-corrected chi connectivity index (χ2v) is 8.35. The molecule has 0 bridgehead atoms. The van der Waals surface area contributed by atoms with Gasteiger partial charge in [-0.1, -0.05) is 11.6 Å². The fraction of sp³-hybridized carbons (Fsp3) is 0.300. The number of rotatable bonds is 7. The van der Waals surface area contributed by atoms with E-state index in [1.54, 1.807) is 41.3 Å². The molecule has 1 aliphatic heterocycles. The van der Waals surface area contributed by atoms with Crippen LogP contribution in [-0.2, 0) is 19.1 Å². The van der Waals surface area contributed by atoms with E-state index in [1.165, 1.54) is 7.11 Å². The van der Waals surface area contributed by atoms with Crippen molar-refractivity contribution in [3.8, 4) is 0 Å². The first kappa shape index (κ1) is 23.5. The van der Waals surface area contributed by atoms with Gasteiger partial charge in [-0.25, -0.2) is 4.79 Å². The molecule has 3 rings (SSSR count). The third-order valence-electron chi connectivity index (χ3n) is 4.49. The minimum atomic E-state index is -1.10. The number of carbonyl (C=O) groups excluding carboxylic acids is 4. The maximum absolute atomic E-state index is 12.7. The molecule has 1 fully saturated rings. The number of halogens is 1. The normalized spacial score (nSPS) is 14.4. The van der Waals surface area contributed by atoms with Crippen LogP contribution in [0.2, 0.25) is 4.34 Å². The monoisotopic (exact) mass is 480 g/mol. The molecule has 1 atom stereocenters. The summed E-state index contributed by atoms with van der Waals surface area (Å²) in [6.45, 7) is 0.762. The lowest BCUT2D eigenvalue weighted by Gasteiger charge is -2.27. The highest BCUT2D eigenvalue weighted by Crippen LogP contribution is 2.21. The number of carbonyl (C=O) groups is 4. The van der Waals surface area contributed by atoms with Crippen molar-refractivity contribution in [2.45, 2.75) is 6.04 Å². The average molecular weight is 481 g/mol. The van der Waals surface area contributed by atoms with E-state index in [2.05, 4.69) is 20.7 Å². The Kier molecular flexibility index (Phi) is 8.03. The molecule has 0 radical (unpaired) electrons. The highest BCUT2D eigenvalue weighted by molar-refractivity contribution is 7.18. The van der Waals surface area contributed by atoms with Crippen LogP contribution >= 0.6 is 22.9 Å². The van der Waals surface area contributed by atoms with Crippen LogP contribution in [0.25, 0.3) is 0 Å². The summed E-state index contributed by atoms with van der Waals surface area (Å²) in [6.07, 6.45) is -0.820. The number of methoxy groups -OCH3 is 1. The van der Waals surface area contributed by atoms with Gasteiger partial charge in [0.25, 0.3) is 11.8 Å². The Bertz CT molecular complexity index is 996. The summed E-state index contributed by atoms with van der Waals surface area (Å²) in [5.74, 6) is -1.13. The minimum Gasteiger partial charge on any atom is -0.453 e. The van der Waals surface area contributed by atoms with E-state index in [4.69, 9.17) is 16.3 Å². The SMILES string of the molecule is COC(=O)N[C@H](CNC(=O)c1ccc(Cl)s1)C(=O)Nc1ccc(N2CCOCC2=O)cc1. The van der Waals surface area contributed by atoms with Crippen LogP contribution in [0.4, 0.5) is 16.2 Å². The molecule has 0 unspecified atom stereocenters. The van der Waals surface area contributed by atoms with Crippen molar-refractivity contribution in [3.05, 3.63) is 45.6 Å². The second kappa shape index (κ2) is 10.9.